The molecule has 0 aliphatic heterocycles. The van der Waals surface area contributed by atoms with Gasteiger partial charge in [-0.1, -0.05) is 90.1 Å². The van der Waals surface area contributed by atoms with Crippen molar-refractivity contribution in [3.63, 3.8) is 0 Å². The third kappa shape index (κ3) is 4.20. The van der Waals surface area contributed by atoms with Crippen LogP contribution in [0.2, 0.25) is 0 Å². The molecule has 0 saturated carbocycles. The van der Waals surface area contributed by atoms with Crippen molar-refractivity contribution in [2.24, 2.45) is 0 Å². The molecule has 0 unspecified atom stereocenters. The second kappa shape index (κ2) is 7.86. The van der Waals surface area contributed by atoms with Crippen molar-refractivity contribution >= 4 is 23.3 Å². The lowest BCUT2D eigenvalue weighted by Gasteiger charge is -2.13. The quantitative estimate of drug-likeness (QED) is 0.480. The lowest BCUT2D eigenvalue weighted by atomic mass is 9.97. The van der Waals surface area contributed by atoms with Crippen LogP contribution in [0.4, 0.5) is 0 Å². The molecule has 0 aromatic heterocycles. The van der Waals surface area contributed by atoms with E-state index in [2.05, 4.69) is 0 Å². The van der Waals surface area contributed by atoms with E-state index in [9.17, 15) is 9.90 Å². The number of hydrogen-bond acceptors (Lipinski definition) is 2. The van der Waals surface area contributed by atoms with Crippen molar-refractivity contribution in [1.82, 2.24) is 0 Å². The van der Waals surface area contributed by atoms with Crippen LogP contribution in [0.25, 0.3) is 5.57 Å². The van der Waals surface area contributed by atoms with Gasteiger partial charge in [-0.2, -0.15) is 0 Å². The summed E-state index contributed by atoms with van der Waals surface area (Å²) in [5.74, 6) is -0.923. The first-order valence-electron chi connectivity index (χ1n) is 7.98. The Morgan fingerprint density at radius 2 is 1.24 bits per heavy atom. The largest absolute Gasteiger partial charge is 0.477 e. The Hall–Kier alpha value is -2.78. The van der Waals surface area contributed by atoms with Crippen LogP contribution in [0, 0.1) is 6.92 Å². The minimum absolute atomic E-state index is 0.321. The molecule has 0 fully saturated rings. The highest BCUT2D eigenvalue weighted by Crippen LogP contribution is 2.36. The molecule has 3 rings (SSSR count). The normalized spacial score (nSPS) is 10.3. The number of benzene rings is 3. The van der Waals surface area contributed by atoms with E-state index < -0.39 is 5.97 Å². The van der Waals surface area contributed by atoms with E-state index in [1.807, 2.05) is 91.9 Å². The highest BCUT2D eigenvalue weighted by Gasteiger charge is 2.19. The van der Waals surface area contributed by atoms with Gasteiger partial charge in [0, 0.05) is 10.5 Å². The Morgan fingerprint density at radius 3 is 1.68 bits per heavy atom. The van der Waals surface area contributed by atoms with Crippen LogP contribution in [0.1, 0.15) is 16.7 Å². The molecule has 0 aliphatic rings. The highest BCUT2D eigenvalue weighted by atomic mass is 32.2. The lowest BCUT2D eigenvalue weighted by molar-refractivity contribution is -0.131. The van der Waals surface area contributed by atoms with Crippen LogP contribution < -0.4 is 0 Å². The first-order valence-corrected chi connectivity index (χ1v) is 8.80. The van der Waals surface area contributed by atoms with Gasteiger partial charge in [0.15, 0.2) is 0 Å². The average Bonchev–Trinajstić information content (AvgIpc) is 2.64. The maximum absolute atomic E-state index is 12.1. The third-order valence-corrected chi connectivity index (χ3v) is 4.88. The van der Waals surface area contributed by atoms with E-state index in [1.165, 1.54) is 11.8 Å². The summed E-state index contributed by atoms with van der Waals surface area (Å²) in [5, 5.41) is 9.90. The van der Waals surface area contributed by atoms with E-state index in [-0.39, 0.29) is 0 Å². The Kier molecular flexibility index (Phi) is 5.36. The van der Waals surface area contributed by atoms with Gasteiger partial charge in [-0.3, -0.25) is 0 Å². The number of thioether (sulfide) groups is 1. The van der Waals surface area contributed by atoms with Gasteiger partial charge < -0.3 is 5.11 Å². The molecule has 3 aromatic rings. The van der Waals surface area contributed by atoms with Crippen molar-refractivity contribution in [3.05, 3.63) is 107 Å². The van der Waals surface area contributed by atoms with Crippen LogP contribution in [-0.2, 0) is 4.79 Å². The molecule has 3 aromatic carbocycles. The number of carbonyl (C=O) groups is 1. The zero-order valence-electron chi connectivity index (χ0n) is 13.8. The van der Waals surface area contributed by atoms with Gasteiger partial charge in [0.2, 0.25) is 0 Å². The highest BCUT2D eigenvalue weighted by molar-refractivity contribution is 8.04. The second-order valence-electron chi connectivity index (χ2n) is 5.66. The molecule has 0 bridgehead atoms. The molecule has 0 heterocycles. The van der Waals surface area contributed by atoms with E-state index in [4.69, 9.17) is 0 Å². The summed E-state index contributed by atoms with van der Waals surface area (Å²) in [4.78, 5) is 13.3. The van der Waals surface area contributed by atoms with E-state index in [1.54, 1.807) is 0 Å². The molecular formula is C22H18O2S. The third-order valence-electron chi connectivity index (χ3n) is 3.79. The van der Waals surface area contributed by atoms with Crippen molar-refractivity contribution in [2.75, 3.05) is 0 Å². The molecule has 124 valence electrons. The Bertz CT molecular complexity index is 841. The first kappa shape index (κ1) is 17.1. The van der Waals surface area contributed by atoms with Gasteiger partial charge in [-0.25, -0.2) is 4.79 Å². The molecule has 0 saturated heterocycles. The van der Waals surface area contributed by atoms with Gasteiger partial charge in [-0.15, -0.1) is 0 Å². The van der Waals surface area contributed by atoms with Crippen molar-refractivity contribution in [2.45, 2.75) is 11.8 Å². The fourth-order valence-electron chi connectivity index (χ4n) is 2.56. The van der Waals surface area contributed by atoms with Crippen LogP contribution in [0.15, 0.2) is 94.7 Å². The fourth-order valence-corrected chi connectivity index (χ4v) is 3.50. The van der Waals surface area contributed by atoms with Crippen LogP contribution >= 0.6 is 11.8 Å². The Morgan fingerprint density at radius 1 is 0.760 bits per heavy atom. The minimum atomic E-state index is -0.923. The van der Waals surface area contributed by atoms with Gasteiger partial charge >= 0.3 is 5.97 Å². The molecule has 0 spiro atoms. The number of aryl methyl sites for hydroxylation is 1. The van der Waals surface area contributed by atoms with Gasteiger partial charge in [0.1, 0.15) is 4.91 Å². The van der Waals surface area contributed by atoms with E-state index in [0.29, 0.717) is 4.91 Å². The van der Waals surface area contributed by atoms with Gasteiger partial charge in [0.05, 0.1) is 0 Å². The Balaban J connectivity index is 2.17. The number of rotatable bonds is 5. The molecule has 1 N–H and O–H groups in total. The van der Waals surface area contributed by atoms with Crippen molar-refractivity contribution < 1.29 is 9.90 Å². The maximum atomic E-state index is 12.1. The summed E-state index contributed by atoms with van der Waals surface area (Å²) in [6, 6.07) is 27.2. The standard InChI is InChI=1S/C22H18O2S/c1-16-12-14-19(15-13-16)25-21(22(23)24)20(17-8-4-2-5-9-17)18-10-6-3-7-11-18/h2-15H,1H3,(H,23,24). The number of carboxylic acids is 1. The van der Waals surface area contributed by atoms with Crippen molar-refractivity contribution in [1.29, 1.82) is 0 Å². The second-order valence-corrected chi connectivity index (χ2v) is 6.74. The van der Waals surface area contributed by atoms with Crippen LogP contribution in [0.5, 0.6) is 0 Å². The topological polar surface area (TPSA) is 37.3 Å². The molecule has 25 heavy (non-hydrogen) atoms. The van der Waals surface area contributed by atoms with Gasteiger partial charge in [0.25, 0.3) is 0 Å². The maximum Gasteiger partial charge on any atom is 0.343 e. The smallest absolute Gasteiger partial charge is 0.343 e. The lowest BCUT2D eigenvalue weighted by Crippen LogP contribution is -2.03. The monoisotopic (exact) mass is 346 g/mol. The molecule has 2 nitrogen and oxygen atoms in total. The zero-order chi connectivity index (χ0) is 17.6. The summed E-state index contributed by atoms with van der Waals surface area (Å²) in [6.45, 7) is 2.02. The summed E-state index contributed by atoms with van der Waals surface area (Å²) in [6.07, 6.45) is 0. The fraction of sp³-hybridized carbons (Fsp3) is 0.0455. The van der Waals surface area contributed by atoms with E-state index in [0.717, 1.165) is 27.2 Å². The SMILES string of the molecule is Cc1ccc(SC(C(=O)O)=C(c2ccccc2)c2ccccc2)cc1. The number of carboxylic acid groups (broad SMARTS) is 1. The summed E-state index contributed by atoms with van der Waals surface area (Å²) < 4.78 is 0. The first-order chi connectivity index (χ1) is 12.1. The molecule has 0 amide bonds. The minimum Gasteiger partial charge on any atom is -0.477 e. The predicted octanol–water partition coefficient (Wildman–Crippen LogP) is 5.63. The van der Waals surface area contributed by atoms with Crippen LogP contribution in [0.3, 0.4) is 0 Å². The molecule has 0 atom stereocenters. The number of aliphatic carboxylic acids is 1. The zero-order valence-corrected chi connectivity index (χ0v) is 14.7. The predicted molar refractivity (Wildman–Crippen MR) is 104 cm³/mol. The average molecular weight is 346 g/mol. The van der Waals surface area contributed by atoms with Crippen molar-refractivity contribution in [3.8, 4) is 0 Å². The van der Waals surface area contributed by atoms with Gasteiger partial charge in [-0.05, 0) is 30.2 Å². The molecule has 3 heteroatoms. The molecular weight excluding hydrogens is 328 g/mol. The van der Waals surface area contributed by atoms with Crippen LogP contribution in [-0.4, -0.2) is 11.1 Å². The Labute approximate surface area is 151 Å². The molecule has 0 radical (unpaired) electrons. The summed E-state index contributed by atoms with van der Waals surface area (Å²) in [7, 11) is 0. The molecule has 0 aliphatic carbocycles. The number of hydrogen-bond donors (Lipinski definition) is 1. The summed E-state index contributed by atoms with van der Waals surface area (Å²) >= 11 is 1.28. The summed E-state index contributed by atoms with van der Waals surface area (Å²) in [5.41, 5.74) is 3.67. The van der Waals surface area contributed by atoms with E-state index >= 15 is 0 Å².